The second kappa shape index (κ2) is 7.32. The molecule has 0 aliphatic carbocycles. The standard InChI is InChI=1S/C15H9BrCl2N2OS2/c16-9-4-13(22-7-9)14(21)20-15-19-6-11(23-15)3-8-1-2-10(17)5-12(8)18/h1-2,4-7H,3H2,(H,19,20,21). The second-order valence-electron chi connectivity index (χ2n) is 4.63. The molecule has 0 radical (unpaired) electrons. The molecule has 0 aliphatic rings. The van der Waals surface area contributed by atoms with Crippen LogP contribution in [-0.4, -0.2) is 10.9 Å². The van der Waals surface area contributed by atoms with Crippen molar-refractivity contribution in [1.82, 2.24) is 4.98 Å². The molecule has 3 nitrogen and oxygen atoms in total. The second-order valence-corrected chi connectivity index (χ2v) is 8.41. The fourth-order valence-electron chi connectivity index (χ4n) is 1.89. The average molecular weight is 448 g/mol. The van der Waals surface area contributed by atoms with Crippen molar-refractivity contribution in [3.8, 4) is 0 Å². The maximum Gasteiger partial charge on any atom is 0.267 e. The normalized spacial score (nSPS) is 10.7. The Morgan fingerprint density at radius 1 is 1.30 bits per heavy atom. The van der Waals surface area contributed by atoms with Crippen LogP contribution in [0.5, 0.6) is 0 Å². The summed E-state index contributed by atoms with van der Waals surface area (Å²) in [6.45, 7) is 0. The number of thiophene rings is 1. The van der Waals surface area contributed by atoms with Gasteiger partial charge in [0.15, 0.2) is 5.13 Å². The number of hydrogen-bond acceptors (Lipinski definition) is 4. The number of benzene rings is 1. The minimum atomic E-state index is -0.161. The van der Waals surface area contributed by atoms with E-state index in [2.05, 4.69) is 26.2 Å². The van der Waals surface area contributed by atoms with Crippen molar-refractivity contribution in [2.45, 2.75) is 6.42 Å². The van der Waals surface area contributed by atoms with Gasteiger partial charge in [-0.05, 0) is 39.7 Å². The number of halogens is 3. The molecule has 0 unspecified atom stereocenters. The van der Waals surface area contributed by atoms with Crippen LogP contribution in [0.1, 0.15) is 20.1 Å². The molecule has 3 rings (SSSR count). The van der Waals surface area contributed by atoms with Crippen molar-refractivity contribution in [3.63, 3.8) is 0 Å². The molecule has 1 amide bonds. The van der Waals surface area contributed by atoms with Crippen LogP contribution in [0.25, 0.3) is 0 Å². The molecule has 0 saturated heterocycles. The van der Waals surface area contributed by atoms with Crippen LogP contribution in [0, 0.1) is 0 Å². The highest BCUT2D eigenvalue weighted by Gasteiger charge is 2.12. The van der Waals surface area contributed by atoms with E-state index in [1.54, 1.807) is 24.4 Å². The summed E-state index contributed by atoms with van der Waals surface area (Å²) in [6, 6.07) is 7.20. The van der Waals surface area contributed by atoms with E-state index in [-0.39, 0.29) is 5.91 Å². The number of hydrogen-bond donors (Lipinski definition) is 1. The first kappa shape index (κ1) is 16.9. The van der Waals surface area contributed by atoms with Crippen molar-refractivity contribution in [1.29, 1.82) is 0 Å². The van der Waals surface area contributed by atoms with E-state index in [1.807, 2.05) is 11.4 Å². The largest absolute Gasteiger partial charge is 0.297 e. The van der Waals surface area contributed by atoms with E-state index in [4.69, 9.17) is 23.2 Å². The monoisotopic (exact) mass is 446 g/mol. The van der Waals surface area contributed by atoms with Crippen molar-refractivity contribution >= 4 is 72.8 Å². The van der Waals surface area contributed by atoms with Gasteiger partial charge in [0.2, 0.25) is 0 Å². The topological polar surface area (TPSA) is 42.0 Å². The fraction of sp³-hybridized carbons (Fsp3) is 0.0667. The number of thiazole rings is 1. The molecule has 23 heavy (non-hydrogen) atoms. The third-order valence-corrected chi connectivity index (χ3v) is 6.13. The predicted octanol–water partition coefficient (Wildman–Crippen LogP) is 6.12. The number of nitrogens with one attached hydrogen (secondary N) is 1. The maximum absolute atomic E-state index is 12.1. The molecule has 0 aliphatic heterocycles. The van der Waals surface area contributed by atoms with E-state index >= 15 is 0 Å². The zero-order valence-electron chi connectivity index (χ0n) is 11.5. The van der Waals surface area contributed by atoms with Gasteiger partial charge in [-0.1, -0.05) is 29.3 Å². The van der Waals surface area contributed by atoms with Crippen LogP contribution in [0.3, 0.4) is 0 Å². The zero-order valence-corrected chi connectivity index (χ0v) is 16.2. The van der Waals surface area contributed by atoms with Gasteiger partial charge in [0.25, 0.3) is 5.91 Å². The zero-order chi connectivity index (χ0) is 16.4. The molecule has 0 atom stereocenters. The van der Waals surface area contributed by atoms with Gasteiger partial charge in [-0.2, -0.15) is 0 Å². The lowest BCUT2D eigenvalue weighted by molar-refractivity contribution is 0.103. The minimum absolute atomic E-state index is 0.161. The quantitative estimate of drug-likeness (QED) is 0.523. The van der Waals surface area contributed by atoms with Crippen LogP contribution in [-0.2, 0) is 6.42 Å². The van der Waals surface area contributed by atoms with Crippen LogP contribution < -0.4 is 5.32 Å². The SMILES string of the molecule is O=C(Nc1ncc(Cc2ccc(Cl)cc2Cl)s1)c1cc(Br)cs1. The lowest BCUT2D eigenvalue weighted by atomic mass is 10.1. The molecule has 8 heteroatoms. The Morgan fingerprint density at radius 2 is 2.13 bits per heavy atom. The Balaban J connectivity index is 1.69. The van der Waals surface area contributed by atoms with E-state index < -0.39 is 0 Å². The van der Waals surface area contributed by atoms with Crippen LogP contribution in [0.2, 0.25) is 10.0 Å². The van der Waals surface area contributed by atoms with Gasteiger partial charge in [0.1, 0.15) is 0 Å². The summed E-state index contributed by atoms with van der Waals surface area (Å²) in [5.74, 6) is -0.161. The van der Waals surface area contributed by atoms with Gasteiger partial charge in [-0.3, -0.25) is 10.1 Å². The number of carbonyl (C=O) groups is 1. The van der Waals surface area contributed by atoms with Crippen LogP contribution >= 0.6 is 61.8 Å². The Bertz CT molecular complexity index is 863. The third-order valence-electron chi connectivity index (χ3n) is 2.95. The Hall–Kier alpha value is -0.920. The number of nitrogens with zero attached hydrogens (tertiary/aromatic N) is 1. The summed E-state index contributed by atoms with van der Waals surface area (Å²) in [5, 5.41) is 6.47. The molecule has 2 heterocycles. The Kier molecular flexibility index (Phi) is 5.38. The van der Waals surface area contributed by atoms with Gasteiger partial charge in [0, 0.05) is 37.4 Å². The van der Waals surface area contributed by atoms with E-state index in [9.17, 15) is 4.79 Å². The molecule has 0 saturated carbocycles. The number of anilines is 1. The Labute approximate surface area is 159 Å². The third kappa shape index (κ3) is 4.33. The highest BCUT2D eigenvalue weighted by Crippen LogP contribution is 2.27. The summed E-state index contributed by atoms with van der Waals surface area (Å²) in [7, 11) is 0. The molecule has 0 spiro atoms. The van der Waals surface area contributed by atoms with Crippen molar-refractivity contribution in [3.05, 3.63) is 65.7 Å². The summed E-state index contributed by atoms with van der Waals surface area (Å²) in [6.07, 6.45) is 2.39. The van der Waals surface area contributed by atoms with Gasteiger partial charge in [-0.25, -0.2) is 4.98 Å². The molecule has 0 fully saturated rings. The highest BCUT2D eigenvalue weighted by molar-refractivity contribution is 9.10. The van der Waals surface area contributed by atoms with E-state index in [0.29, 0.717) is 26.5 Å². The molecular weight excluding hydrogens is 439 g/mol. The molecule has 118 valence electrons. The minimum Gasteiger partial charge on any atom is -0.297 e. The highest BCUT2D eigenvalue weighted by atomic mass is 79.9. The first-order valence-corrected chi connectivity index (χ1v) is 9.70. The predicted molar refractivity (Wildman–Crippen MR) is 101 cm³/mol. The van der Waals surface area contributed by atoms with Crippen molar-refractivity contribution < 1.29 is 4.79 Å². The van der Waals surface area contributed by atoms with E-state index in [1.165, 1.54) is 22.7 Å². The summed E-state index contributed by atoms with van der Waals surface area (Å²) >= 11 is 18.2. The van der Waals surface area contributed by atoms with Gasteiger partial charge in [0.05, 0.1) is 4.88 Å². The molecule has 2 aromatic heterocycles. The van der Waals surface area contributed by atoms with Crippen molar-refractivity contribution in [2.75, 3.05) is 5.32 Å². The van der Waals surface area contributed by atoms with Gasteiger partial charge in [-0.15, -0.1) is 22.7 Å². The fourth-order valence-corrected chi connectivity index (χ4v) is 4.52. The first-order chi connectivity index (χ1) is 11.0. The lowest BCUT2D eigenvalue weighted by Crippen LogP contribution is -2.09. The van der Waals surface area contributed by atoms with E-state index in [0.717, 1.165) is 14.9 Å². The molecule has 0 bridgehead atoms. The van der Waals surface area contributed by atoms with Gasteiger partial charge < -0.3 is 0 Å². The molecular formula is C15H9BrCl2N2OS2. The van der Waals surface area contributed by atoms with Crippen molar-refractivity contribution in [2.24, 2.45) is 0 Å². The van der Waals surface area contributed by atoms with Crippen LogP contribution in [0.4, 0.5) is 5.13 Å². The summed E-state index contributed by atoms with van der Waals surface area (Å²) < 4.78 is 0.893. The molecule has 1 aromatic carbocycles. The van der Waals surface area contributed by atoms with Gasteiger partial charge >= 0.3 is 0 Å². The number of carbonyl (C=O) groups excluding carboxylic acids is 1. The lowest BCUT2D eigenvalue weighted by Gasteiger charge is -2.02. The maximum atomic E-state index is 12.1. The summed E-state index contributed by atoms with van der Waals surface area (Å²) in [4.78, 5) is 18.0. The summed E-state index contributed by atoms with van der Waals surface area (Å²) in [5.41, 5.74) is 0.972. The number of aromatic nitrogens is 1. The number of amides is 1. The average Bonchev–Trinajstić information content (AvgIpc) is 3.11. The molecule has 3 aromatic rings. The Morgan fingerprint density at radius 3 is 2.83 bits per heavy atom. The first-order valence-electron chi connectivity index (χ1n) is 6.45. The number of rotatable bonds is 4. The molecule has 1 N–H and O–H groups in total. The van der Waals surface area contributed by atoms with Crippen LogP contribution in [0.15, 0.2) is 40.3 Å². The smallest absolute Gasteiger partial charge is 0.267 e.